The monoisotopic (exact) mass is 274 g/mol. The summed E-state index contributed by atoms with van der Waals surface area (Å²) in [6.07, 6.45) is 2.05. The maximum Gasteiger partial charge on any atom is 0.275 e. The predicted molar refractivity (Wildman–Crippen MR) is 72.4 cm³/mol. The molecule has 19 heavy (non-hydrogen) atoms. The third-order valence-electron chi connectivity index (χ3n) is 2.19. The van der Waals surface area contributed by atoms with Gasteiger partial charge in [0.2, 0.25) is 0 Å². The van der Waals surface area contributed by atoms with Gasteiger partial charge in [-0.25, -0.2) is 9.97 Å². The molecule has 2 rings (SSSR count). The van der Waals surface area contributed by atoms with Gasteiger partial charge < -0.3 is 11.1 Å². The molecule has 3 N–H and O–H groups in total. The number of aromatic nitrogens is 2. The Bertz CT molecular complexity index is 633. The van der Waals surface area contributed by atoms with Crippen molar-refractivity contribution in [3.63, 3.8) is 0 Å². The molecule has 6 nitrogen and oxygen atoms in total. The highest BCUT2D eigenvalue weighted by atomic mass is 32.1. The second kappa shape index (κ2) is 5.40. The van der Waals surface area contributed by atoms with Gasteiger partial charge in [0.15, 0.2) is 6.29 Å². The lowest BCUT2D eigenvalue weighted by molar-refractivity contribution is -0.105. The number of carbonyl (C=O) groups excluding carboxylic acids is 2. The van der Waals surface area contributed by atoms with Crippen LogP contribution in [0.1, 0.15) is 10.5 Å². The summed E-state index contributed by atoms with van der Waals surface area (Å²) in [6, 6.07) is 3.43. The number of thiazole rings is 1. The van der Waals surface area contributed by atoms with E-state index in [0.717, 1.165) is 5.56 Å². The highest BCUT2D eigenvalue weighted by molar-refractivity contribution is 7.13. The maximum absolute atomic E-state index is 11.7. The molecule has 7 heteroatoms. The predicted octanol–water partition coefficient (Wildman–Crippen LogP) is 1.23. The van der Waals surface area contributed by atoms with E-state index in [1.807, 2.05) is 0 Å². The van der Waals surface area contributed by atoms with E-state index in [2.05, 4.69) is 21.9 Å². The third kappa shape index (κ3) is 3.02. The minimum atomic E-state index is -0.469. The molecular weight excluding hydrogens is 264 g/mol. The highest BCUT2D eigenvalue weighted by Crippen LogP contribution is 2.23. The van der Waals surface area contributed by atoms with Crippen molar-refractivity contribution in [3.8, 4) is 10.6 Å². The number of carbonyl (C=O) groups is 2. The van der Waals surface area contributed by atoms with E-state index in [1.54, 1.807) is 23.7 Å². The Hall–Kier alpha value is -2.54. The molecule has 0 aliphatic heterocycles. The van der Waals surface area contributed by atoms with E-state index in [1.165, 1.54) is 11.3 Å². The SMILES string of the molecule is C=C(C=O)NC(=O)c1csc(-c2ccc(N)nc2)n1. The molecule has 0 aliphatic carbocycles. The normalized spacial score (nSPS) is 9.89. The van der Waals surface area contributed by atoms with Gasteiger partial charge in [-0.1, -0.05) is 6.58 Å². The molecule has 96 valence electrons. The number of pyridine rings is 1. The second-order valence-electron chi connectivity index (χ2n) is 3.61. The number of rotatable bonds is 4. The van der Waals surface area contributed by atoms with Crippen molar-refractivity contribution < 1.29 is 9.59 Å². The molecule has 0 atom stereocenters. The first-order valence-electron chi connectivity index (χ1n) is 5.23. The van der Waals surface area contributed by atoms with Crippen LogP contribution >= 0.6 is 11.3 Å². The maximum atomic E-state index is 11.7. The molecule has 0 spiro atoms. The summed E-state index contributed by atoms with van der Waals surface area (Å²) in [7, 11) is 0. The van der Waals surface area contributed by atoms with E-state index in [-0.39, 0.29) is 11.4 Å². The molecule has 0 aromatic carbocycles. The van der Waals surface area contributed by atoms with Crippen LogP contribution in [0.5, 0.6) is 0 Å². The number of aldehydes is 1. The summed E-state index contributed by atoms with van der Waals surface area (Å²) in [4.78, 5) is 30.2. The molecule has 0 unspecified atom stereocenters. The quantitative estimate of drug-likeness (QED) is 0.645. The van der Waals surface area contributed by atoms with Crippen LogP contribution < -0.4 is 11.1 Å². The second-order valence-corrected chi connectivity index (χ2v) is 4.46. The fourth-order valence-electron chi connectivity index (χ4n) is 1.28. The van der Waals surface area contributed by atoms with Gasteiger partial charge in [-0.3, -0.25) is 9.59 Å². The van der Waals surface area contributed by atoms with E-state index in [0.29, 0.717) is 17.1 Å². The summed E-state index contributed by atoms with van der Waals surface area (Å²) in [5.74, 6) is -0.0523. The Morgan fingerprint density at radius 1 is 1.47 bits per heavy atom. The number of nitrogens with zero attached hydrogens (tertiary/aromatic N) is 2. The van der Waals surface area contributed by atoms with Crippen molar-refractivity contribution in [2.24, 2.45) is 0 Å². The standard InChI is InChI=1S/C12H10N4O2S/c1-7(5-17)15-11(18)9-6-19-12(16-9)8-2-3-10(13)14-4-8/h2-6H,1H2,(H2,13,14)(H,15,18). The summed E-state index contributed by atoms with van der Waals surface area (Å²) >= 11 is 1.30. The fraction of sp³-hybridized carbons (Fsp3) is 0. The fourth-order valence-corrected chi connectivity index (χ4v) is 2.07. The van der Waals surface area contributed by atoms with Crippen LogP contribution in [0.4, 0.5) is 5.82 Å². The van der Waals surface area contributed by atoms with Gasteiger partial charge in [-0.2, -0.15) is 0 Å². The van der Waals surface area contributed by atoms with E-state index in [9.17, 15) is 9.59 Å². The van der Waals surface area contributed by atoms with Crippen LogP contribution in [0.3, 0.4) is 0 Å². The number of allylic oxidation sites excluding steroid dienone is 1. The van der Waals surface area contributed by atoms with Crippen LogP contribution in [0.25, 0.3) is 10.6 Å². The van der Waals surface area contributed by atoms with Crippen LogP contribution in [0.2, 0.25) is 0 Å². The van der Waals surface area contributed by atoms with E-state index >= 15 is 0 Å². The number of hydrogen-bond donors (Lipinski definition) is 2. The average Bonchev–Trinajstić information content (AvgIpc) is 2.89. The molecule has 0 fully saturated rings. The lowest BCUT2D eigenvalue weighted by Crippen LogP contribution is -2.23. The third-order valence-corrected chi connectivity index (χ3v) is 3.08. The zero-order valence-electron chi connectivity index (χ0n) is 9.79. The Morgan fingerprint density at radius 2 is 2.26 bits per heavy atom. The van der Waals surface area contributed by atoms with Gasteiger partial charge in [0.25, 0.3) is 5.91 Å². The molecule has 2 heterocycles. The smallest absolute Gasteiger partial charge is 0.275 e. The van der Waals surface area contributed by atoms with Crippen molar-refractivity contribution in [2.75, 3.05) is 5.73 Å². The van der Waals surface area contributed by atoms with Crippen molar-refractivity contribution in [3.05, 3.63) is 41.7 Å². The average molecular weight is 274 g/mol. The number of hydrogen-bond acceptors (Lipinski definition) is 6. The molecule has 2 aromatic heterocycles. The lowest BCUT2D eigenvalue weighted by atomic mass is 10.3. The largest absolute Gasteiger partial charge is 0.384 e. The first-order valence-corrected chi connectivity index (χ1v) is 6.11. The number of nitrogen functional groups attached to an aromatic ring is 1. The number of nitrogens with two attached hydrogens (primary N) is 1. The summed E-state index contributed by atoms with van der Waals surface area (Å²) in [5, 5.41) is 4.57. The van der Waals surface area contributed by atoms with Crippen molar-refractivity contribution >= 4 is 29.3 Å². The minimum Gasteiger partial charge on any atom is -0.384 e. The number of amides is 1. The summed E-state index contributed by atoms with van der Waals surface area (Å²) in [6.45, 7) is 3.37. The topological polar surface area (TPSA) is 98.0 Å². The van der Waals surface area contributed by atoms with Gasteiger partial charge in [-0.05, 0) is 12.1 Å². The van der Waals surface area contributed by atoms with E-state index < -0.39 is 5.91 Å². The van der Waals surface area contributed by atoms with Gasteiger partial charge >= 0.3 is 0 Å². The molecular formula is C12H10N4O2S. The zero-order chi connectivity index (χ0) is 13.8. The Morgan fingerprint density at radius 3 is 2.89 bits per heavy atom. The van der Waals surface area contributed by atoms with Crippen LogP contribution in [-0.4, -0.2) is 22.2 Å². The van der Waals surface area contributed by atoms with Crippen LogP contribution in [-0.2, 0) is 4.79 Å². The first kappa shape index (κ1) is 12.9. The van der Waals surface area contributed by atoms with Crippen LogP contribution in [0.15, 0.2) is 36.0 Å². The Balaban J connectivity index is 2.19. The summed E-state index contributed by atoms with van der Waals surface area (Å²) in [5.41, 5.74) is 6.48. The van der Waals surface area contributed by atoms with Crippen LogP contribution in [0, 0.1) is 0 Å². The molecule has 1 amide bonds. The molecule has 0 saturated heterocycles. The Labute approximate surface area is 113 Å². The lowest BCUT2D eigenvalue weighted by Gasteiger charge is -1.99. The molecule has 0 bridgehead atoms. The van der Waals surface area contributed by atoms with Gasteiger partial charge in [0.1, 0.15) is 16.5 Å². The van der Waals surface area contributed by atoms with Gasteiger partial charge in [0, 0.05) is 17.1 Å². The van der Waals surface area contributed by atoms with Crippen molar-refractivity contribution in [1.82, 2.24) is 15.3 Å². The highest BCUT2D eigenvalue weighted by Gasteiger charge is 2.12. The Kier molecular flexibility index (Phi) is 3.67. The molecule has 0 aliphatic rings. The number of anilines is 1. The van der Waals surface area contributed by atoms with Gasteiger partial charge in [0.05, 0.1) is 5.70 Å². The van der Waals surface area contributed by atoms with Crippen molar-refractivity contribution in [1.29, 1.82) is 0 Å². The first-order chi connectivity index (χ1) is 9.10. The summed E-state index contributed by atoms with van der Waals surface area (Å²) < 4.78 is 0. The zero-order valence-corrected chi connectivity index (χ0v) is 10.6. The van der Waals surface area contributed by atoms with Crippen molar-refractivity contribution in [2.45, 2.75) is 0 Å². The molecule has 2 aromatic rings. The minimum absolute atomic E-state index is 0.00583. The van der Waals surface area contributed by atoms with E-state index in [4.69, 9.17) is 5.73 Å². The molecule has 0 saturated carbocycles. The van der Waals surface area contributed by atoms with Gasteiger partial charge in [-0.15, -0.1) is 11.3 Å². The number of nitrogens with one attached hydrogen (secondary N) is 1. The molecule has 0 radical (unpaired) electrons.